The zero-order valence-corrected chi connectivity index (χ0v) is 48.2. The number of benzene rings is 10. The van der Waals surface area contributed by atoms with E-state index in [0.29, 0.717) is 48.5 Å². The van der Waals surface area contributed by atoms with Gasteiger partial charge in [-0.15, -0.1) is 0 Å². The molecule has 0 aliphatic heterocycles. The number of fused-ring (bicyclic) bond motifs is 6. The van der Waals surface area contributed by atoms with Gasteiger partial charge < -0.3 is 9.13 Å². The fourth-order valence-electron chi connectivity index (χ4n) is 11.8. The van der Waals surface area contributed by atoms with Crippen molar-refractivity contribution >= 4 is 43.6 Å². The number of hydrogen-bond donors (Lipinski definition) is 0. The normalized spacial score (nSPS) is 13.1. The number of rotatable bonds is 7. The van der Waals surface area contributed by atoms with Gasteiger partial charge in [0.05, 0.1) is 101 Å². The van der Waals surface area contributed by atoms with Crippen LogP contribution >= 0.6 is 0 Å². The van der Waals surface area contributed by atoms with E-state index in [9.17, 15) is 116 Å². The molecule has 498 valence electrons. The third kappa shape index (κ3) is 12.5. The van der Waals surface area contributed by atoms with Gasteiger partial charge >= 0.3 is 49.4 Å². The number of hydrogen-bond acceptors (Lipinski definition) is 2. The fraction of sp³-hybridized carbons (Fsp3) is 0.114. The third-order valence-corrected chi connectivity index (χ3v) is 16.2. The Bertz CT molecular complexity index is 4670. The first-order valence-corrected chi connectivity index (χ1v) is 27.9. The lowest BCUT2D eigenvalue weighted by atomic mass is 9.96. The van der Waals surface area contributed by atoms with Crippen LogP contribution in [-0.2, 0) is 49.4 Å². The largest absolute Gasteiger partial charge is 0.416 e. The molecule has 0 saturated heterocycles. The number of nitriles is 2. The van der Waals surface area contributed by atoms with Crippen LogP contribution in [-0.4, -0.2) is 9.13 Å². The van der Waals surface area contributed by atoms with E-state index in [-0.39, 0.29) is 124 Å². The Morgan fingerprint density at radius 3 is 0.673 bits per heavy atom. The molecule has 0 radical (unpaired) electrons. The van der Waals surface area contributed by atoms with Crippen LogP contribution in [0.5, 0.6) is 0 Å². The van der Waals surface area contributed by atoms with Crippen molar-refractivity contribution in [1.82, 2.24) is 9.13 Å². The second-order valence-corrected chi connectivity index (χ2v) is 22.5. The first-order chi connectivity index (χ1) is 45.5. The summed E-state index contributed by atoms with van der Waals surface area (Å²) in [4.78, 5) is 0. The highest BCUT2D eigenvalue weighted by Crippen LogP contribution is 2.50. The predicted molar refractivity (Wildman–Crippen MR) is 312 cm³/mol. The highest BCUT2D eigenvalue weighted by atomic mass is 19.4. The molecule has 2 heterocycles. The number of halogens is 24. The van der Waals surface area contributed by atoms with E-state index >= 15 is 0 Å². The molecule has 12 aromatic rings. The van der Waals surface area contributed by atoms with Crippen LogP contribution in [0.2, 0.25) is 0 Å². The minimum atomic E-state index is -5.39. The maximum Gasteiger partial charge on any atom is 0.416 e. The molecule has 0 spiro atoms. The first-order valence-electron chi connectivity index (χ1n) is 27.9. The lowest BCUT2D eigenvalue weighted by molar-refractivity contribution is -0.144. The van der Waals surface area contributed by atoms with E-state index in [4.69, 9.17) is 0 Å². The van der Waals surface area contributed by atoms with E-state index < -0.39 is 116 Å². The number of nitrogens with zero attached hydrogens (tertiary/aromatic N) is 4. The highest BCUT2D eigenvalue weighted by molar-refractivity contribution is 6.14. The van der Waals surface area contributed by atoms with E-state index in [2.05, 4.69) is 0 Å². The fourth-order valence-corrected chi connectivity index (χ4v) is 11.8. The molecule has 28 heteroatoms. The summed E-state index contributed by atoms with van der Waals surface area (Å²) in [6, 6.07) is 27.3. The van der Waals surface area contributed by atoms with Crippen LogP contribution in [0.3, 0.4) is 0 Å². The Balaban J connectivity index is 1.22. The summed E-state index contributed by atoms with van der Waals surface area (Å²) in [7, 11) is 0. The van der Waals surface area contributed by atoms with Gasteiger partial charge in [0.15, 0.2) is 0 Å². The topological polar surface area (TPSA) is 57.4 Å². The Kier molecular flexibility index (Phi) is 15.7. The quantitative estimate of drug-likeness (QED) is 0.149. The van der Waals surface area contributed by atoms with Gasteiger partial charge in [-0.1, -0.05) is 36.4 Å². The molecule has 98 heavy (non-hydrogen) atoms. The number of aromatic nitrogens is 2. The molecule has 0 saturated carbocycles. The van der Waals surface area contributed by atoms with Gasteiger partial charge in [-0.2, -0.15) is 116 Å². The van der Waals surface area contributed by atoms with Crippen LogP contribution in [0.25, 0.3) is 111 Å². The average Bonchev–Trinajstić information content (AvgIpc) is 1.58. The van der Waals surface area contributed by atoms with Crippen molar-refractivity contribution in [2.45, 2.75) is 49.4 Å². The highest BCUT2D eigenvalue weighted by Gasteiger charge is 2.42. The first kappa shape index (κ1) is 67.1. The predicted octanol–water partition coefficient (Wildman–Crippen LogP) is 24.1. The summed E-state index contributed by atoms with van der Waals surface area (Å²) in [5, 5.41) is 20.6. The van der Waals surface area contributed by atoms with E-state index in [1.807, 2.05) is 12.1 Å². The van der Waals surface area contributed by atoms with Gasteiger partial charge in [0, 0.05) is 27.1 Å². The Hall–Kier alpha value is -10.9. The molecule has 10 aromatic carbocycles. The molecule has 0 bridgehead atoms. The second-order valence-electron chi connectivity index (χ2n) is 22.5. The van der Waals surface area contributed by atoms with Crippen molar-refractivity contribution in [1.29, 1.82) is 10.5 Å². The van der Waals surface area contributed by atoms with Crippen LogP contribution in [0.1, 0.15) is 55.6 Å². The third-order valence-electron chi connectivity index (χ3n) is 16.2. The molecule has 0 unspecified atom stereocenters. The minimum Gasteiger partial charge on any atom is -0.308 e. The molecule has 0 aliphatic rings. The summed E-state index contributed by atoms with van der Waals surface area (Å²) in [6.07, 6.45) is -43.1. The van der Waals surface area contributed by atoms with Gasteiger partial charge in [-0.25, -0.2) is 0 Å². The van der Waals surface area contributed by atoms with Crippen molar-refractivity contribution in [2.24, 2.45) is 0 Å². The summed E-state index contributed by atoms with van der Waals surface area (Å²) >= 11 is 0. The molecule has 0 fully saturated rings. The zero-order valence-electron chi connectivity index (χ0n) is 48.2. The Labute approximate surface area is 533 Å². The van der Waals surface area contributed by atoms with E-state index in [1.54, 1.807) is 0 Å². The maximum atomic E-state index is 14.4. The average molecular weight is 1380 g/mol. The van der Waals surface area contributed by atoms with Crippen LogP contribution in [0.4, 0.5) is 105 Å². The zero-order chi connectivity index (χ0) is 71.1. The van der Waals surface area contributed by atoms with Gasteiger partial charge in [-0.3, -0.25) is 0 Å². The van der Waals surface area contributed by atoms with Crippen LogP contribution in [0.15, 0.2) is 182 Å². The summed E-state index contributed by atoms with van der Waals surface area (Å²) in [5.41, 5.74) is -19.8. The lowest BCUT2D eigenvalue weighted by Gasteiger charge is -2.21. The molecule has 0 amide bonds. The summed E-state index contributed by atoms with van der Waals surface area (Å²) < 4.78 is 348. The van der Waals surface area contributed by atoms with Gasteiger partial charge in [0.2, 0.25) is 0 Å². The Morgan fingerprint density at radius 2 is 0.459 bits per heavy atom. The number of alkyl halides is 24. The molecule has 2 aromatic heterocycles. The summed E-state index contributed by atoms with van der Waals surface area (Å²) in [5.74, 6) is 0. The van der Waals surface area contributed by atoms with E-state index in [1.165, 1.54) is 45.5 Å². The van der Waals surface area contributed by atoms with Crippen molar-refractivity contribution in [3.05, 3.63) is 238 Å². The molecule has 0 aliphatic carbocycles. The second kappa shape index (κ2) is 22.9. The smallest absolute Gasteiger partial charge is 0.308 e. The molecular weight excluding hydrogens is 1350 g/mol. The minimum absolute atomic E-state index is 0.0182. The van der Waals surface area contributed by atoms with Crippen molar-refractivity contribution in [3.63, 3.8) is 0 Å². The van der Waals surface area contributed by atoms with Crippen molar-refractivity contribution in [2.75, 3.05) is 0 Å². The van der Waals surface area contributed by atoms with Crippen LogP contribution < -0.4 is 0 Å². The maximum absolute atomic E-state index is 14.4. The van der Waals surface area contributed by atoms with E-state index in [0.717, 1.165) is 72.8 Å². The van der Waals surface area contributed by atoms with Crippen LogP contribution in [0, 0.1) is 22.7 Å². The van der Waals surface area contributed by atoms with Crippen molar-refractivity contribution < 1.29 is 105 Å². The molecule has 4 nitrogen and oxygen atoms in total. The molecule has 12 rings (SSSR count). The monoisotopic (exact) mass is 1380 g/mol. The SMILES string of the molecule is N#Cc1cccc(-c2c(-n3c4ccc(-c5cc(C(F)(F)F)cc(C(F)(F)F)c5)cc4c4cc(-c5cc(C(F)(F)F)cc(C(F)(F)F)c5)ccc43)cc(C#N)cc2-n2c3ccc(-c4cc(C(F)(F)F)cc(C(F)(F)F)c4)cc3c3cc(-c4cc(C(F)(F)F)cc(C(F)(F)F)c4)ccc32)c1. The summed E-state index contributed by atoms with van der Waals surface area (Å²) in [6.45, 7) is 0. The molecular formula is C70H30F24N4. The van der Waals surface area contributed by atoms with Gasteiger partial charge in [0.25, 0.3) is 0 Å². The van der Waals surface area contributed by atoms with Gasteiger partial charge in [0.1, 0.15) is 0 Å². The van der Waals surface area contributed by atoms with Gasteiger partial charge in [-0.05, 0) is 196 Å². The molecule has 0 atom stereocenters. The molecule has 0 N–H and O–H groups in total. The van der Waals surface area contributed by atoms with Crippen molar-refractivity contribution in [3.8, 4) is 79.1 Å². The lowest BCUT2D eigenvalue weighted by Crippen LogP contribution is -2.11. The standard InChI is InChI=1S/C70H30F24N4/c71-63(72,73)44-15-40(16-45(27-44)64(74,75)76)35-4-8-56-52(23-35)53-24-36(41-17-46(65(77,78)79)28-47(18-41)66(80,81)82)5-9-57(53)97(56)60-13-34(32-96)14-61(62(60)39-3-1-2-33(12-39)31-95)98-58-10-6-37(42-19-48(67(83,84)85)29-49(20-42)68(86,87)88)25-54(58)55-26-38(7-11-59(55)98)43-21-50(69(89,90)91)30-51(22-43)70(92,93)94/h1-30H. The Morgan fingerprint density at radius 1 is 0.224 bits per heavy atom.